The first-order valence-electron chi connectivity index (χ1n) is 5.86. The van der Waals surface area contributed by atoms with Gasteiger partial charge in [0.15, 0.2) is 11.6 Å². The van der Waals surface area contributed by atoms with E-state index in [2.05, 4.69) is 5.32 Å². The Balaban J connectivity index is 2.10. The molecule has 0 aromatic heterocycles. The number of β-amino-alcohol motifs (C(OH)–C–C–N with tert-alkyl or cyclic N) is 1. The van der Waals surface area contributed by atoms with Crippen molar-refractivity contribution in [2.45, 2.75) is 18.9 Å². The molecule has 2 amide bonds. The number of rotatable bonds is 1. The van der Waals surface area contributed by atoms with E-state index in [4.69, 9.17) is 0 Å². The van der Waals surface area contributed by atoms with Gasteiger partial charge in [-0.15, -0.1) is 0 Å². The molecule has 4 nitrogen and oxygen atoms in total. The van der Waals surface area contributed by atoms with Gasteiger partial charge < -0.3 is 15.3 Å². The summed E-state index contributed by atoms with van der Waals surface area (Å²) in [6, 6.07) is 0.260. The molecule has 0 spiro atoms. The number of benzene rings is 1. The molecule has 1 heterocycles. The molecule has 1 aromatic carbocycles. The summed E-state index contributed by atoms with van der Waals surface area (Å²) in [5, 5.41) is 11.5. The molecule has 0 bridgehead atoms. The zero-order valence-corrected chi connectivity index (χ0v) is 10.00. The summed E-state index contributed by atoms with van der Waals surface area (Å²) in [5.41, 5.74) is -0.688. The van der Waals surface area contributed by atoms with E-state index < -0.39 is 35.3 Å². The molecule has 1 unspecified atom stereocenters. The highest BCUT2D eigenvalue weighted by atomic mass is 19.1. The zero-order valence-electron chi connectivity index (χ0n) is 10.00. The Bertz CT molecular complexity index is 473. The lowest BCUT2D eigenvalue weighted by atomic mass is 10.1. The van der Waals surface area contributed by atoms with Crippen molar-refractivity contribution in [3.8, 4) is 0 Å². The van der Waals surface area contributed by atoms with E-state index in [-0.39, 0.29) is 6.54 Å². The minimum Gasteiger partial charge on any atom is -0.391 e. The minimum absolute atomic E-state index is 0.107. The summed E-state index contributed by atoms with van der Waals surface area (Å²) in [7, 11) is 0. The Morgan fingerprint density at radius 2 is 1.95 bits per heavy atom. The second kappa shape index (κ2) is 5.48. The van der Waals surface area contributed by atoms with Crippen molar-refractivity contribution < 1.29 is 23.1 Å². The van der Waals surface area contributed by atoms with Gasteiger partial charge in [0, 0.05) is 25.2 Å². The molecule has 1 aliphatic heterocycles. The number of anilines is 1. The molecule has 1 aromatic rings. The van der Waals surface area contributed by atoms with Gasteiger partial charge in [-0.3, -0.25) is 0 Å². The third-order valence-electron chi connectivity index (χ3n) is 2.92. The second-order valence-corrected chi connectivity index (χ2v) is 4.42. The number of carbonyl (C=O) groups is 1. The Kier molecular flexibility index (Phi) is 3.94. The summed E-state index contributed by atoms with van der Waals surface area (Å²) in [4.78, 5) is 13.0. The lowest BCUT2D eigenvalue weighted by Gasteiger charge is -2.30. The van der Waals surface area contributed by atoms with E-state index in [1.165, 1.54) is 4.90 Å². The van der Waals surface area contributed by atoms with Crippen molar-refractivity contribution in [3.63, 3.8) is 0 Å². The summed E-state index contributed by atoms with van der Waals surface area (Å²) in [6.45, 7) is 0.504. The molecule has 2 rings (SSSR count). The number of aliphatic hydroxyl groups excluding tert-OH is 1. The van der Waals surface area contributed by atoms with Crippen molar-refractivity contribution >= 4 is 11.7 Å². The molecular formula is C12H13F3N2O2. The van der Waals surface area contributed by atoms with Gasteiger partial charge in [-0.05, 0) is 12.8 Å². The number of hydrogen-bond acceptors (Lipinski definition) is 2. The van der Waals surface area contributed by atoms with Gasteiger partial charge in [0.2, 0.25) is 0 Å². The predicted molar refractivity (Wildman–Crippen MR) is 62.1 cm³/mol. The number of likely N-dealkylation sites (tertiary alicyclic amines) is 1. The highest BCUT2D eigenvalue weighted by Crippen LogP contribution is 2.21. The van der Waals surface area contributed by atoms with Crippen LogP contribution in [0.2, 0.25) is 0 Å². The zero-order chi connectivity index (χ0) is 14.0. The van der Waals surface area contributed by atoms with Crippen LogP contribution in [-0.4, -0.2) is 35.2 Å². The maximum Gasteiger partial charge on any atom is 0.322 e. The third kappa shape index (κ3) is 3.17. The molecule has 2 N–H and O–H groups in total. The van der Waals surface area contributed by atoms with Crippen LogP contribution in [0, 0.1) is 17.5 Å². The van der Waals surface area contributed by atoms with Gasteiger partial charge in [-0.2, -0.15) is 0 Å². The van der Waals surface area contributed by atoms with E-state index in [0.717, 1.165) is 0 Å². The molecule has 0 saturated carbocycles. The van der Waals surface area contributed by atoms with Gasteiger partial charge in [0.25, 0.3) is 0 Å². The van der Waals surface area contributed by atoms with Crippen LogP contribution in [0.3, 0.4) is 0 Å². The summed E-state index contributed by atoms with van der Waals surface area (Å²) < 4.78 is 39.4. The van der Waals surface area contributed by atoms with Gasteiger partial charge in [-0.25, -0.2) is 18.0 Å². The lowest BCUT2D eigenvalue weighted by molar-refractivity contribution is 0.0883. The Labute approximate surface area is 107 Å². The maximum absolute atomic E-state index is 13.4. The largest absolute Gasteiger partial charge is 0.391 e. The Morgan fingerprint density at radius 3 is 2.53 bits per heavy atom. The van der Waals surface area contributed by atoms with E-state index in [1.54, 1.807) is 0 Å². The van der Waals surface area contributed by atoms with E-state index in [9.17, 15) is 23.1 Å². The number of nitrogens with zero attached hydrogens (tertiary/aromatic N) is 1. The summed E-state index contributed by atoms with van der Waals surface area (Å²) in [6.07, 6.45) is 0.564. The Hall–Kier alpha value is -1.76. The van der Waals surface area contributed by atoms with Crippen LogP contribution < -0.4 is 5.32 Å². The van der Waals surface area contributed by atoms with Gasteiger partial charge in [0.1, 0.15) is 11.5 Å². The molecule has 19 heavy (non-hydrogen) atoms. The smallest absolute Gasteiger partial charge is 0.322 e. The molecule has 1 aliphatic rings. The summed E-state index contributed by atoms with van der Waals surface area (Å²) >= 11 is 0. The number of hydrogen-bond donors (Lipinski definition) is 2. The van der Waals surface area contributed by atoms with Crippen LogP contribution in [0.25, 0.3) is 0 Å². The molecule has 7 heteroatoms. The first-order valence-corrected chi connectivity index (χ1v) is 5.86. The molecule has 0 aliphatic carbocycles. The number of halogens is 3. The normalized spacial score (nSPS) is 19.4. The highest BCUT2D eigenvalue weighted by Gasteiger charge is 2.23. The third-order valence-corrected chi connectivity index (χ3v) is 2.92. The lowest BCUT2D eigenvalue weighted by Crippen LogP contribution is -2.44. The number of nitrogens with one attached hydrogen (secondary N) is 1. The van der Waals surface area contributed by atoms with Crippen molar-refractivity contribution in [1.29, 1.82) is 0 Å². The van der Waals surface area contributed by atoms with E-state index in [0.29, 0.717) is 31.5 Å². The first kappa shape index (κ1) is 13.7. The monoisotopic (exact) mass is 274 g/mol. The fourth-order valence-electron chi connectivity index (χ4n) is 1.99. The van der Waals surface area contributed by atoms with Crippen molar-refractivity contribution in [2.24, 2.45) is 0 Å². The van der Waals surface area contributed by atoms with Crippen LogP contribution in [0.15, 0.2) is 12.1 Å². The van der Waals surface area contributed by atoms with Crippen LogP contribution in [0.5, 0.6) is 0 Å². The van der Waals surface area contributed by atoms with Gasteiger partial charge in [0.05, 0.1) is 6.10 Å². The SMILES string of the molecule is O=C(Nc1c(F)cc(F)cc1F)N1CCCC(O)C1. The van der Waals surface area contributed by atoms with Gasteiger partial charge in [-0.1, -0.05) is 0 Å². The number of urea groups is 1. The van der Waals surface area contributed by atoms with Crippen molar-refractivity contribution in [2.75, 3.05) is 18.4 Å². The number of carbonyl (C=O) groups excluding carboxylic acids is 1. The van der Waals surface area contributed by atoms with Crippen molar-refractivity contribution in [1.82, 2.24) is 4.90 Å². The fraction of sp³-hybridized carbons (Fsp3) is 0.417. The fourth-order valence-corrected chi connectivity index (χ4v) is 1.99. The Morgan fingerprint density at radius 1 is 1.32 bits per heavy atom. The highest BCUT2D eigenvalue weighted by molar-refractivity contribution is 5.89. The average molecular weight is 274 g/mol. The molecule has 1 saturated heterocycles. The van der Waals surface area contributed by atoms with Crippen LogP contribution in [-0.2, 0) is 0 Å². The summed E-state index contributed by atoms with van der Waals surface area (Å²) in [5.74, 6) is -3.41. The molecule has 1 fully saturated rings. The topological polar surface area (TPSA) is 52.6 Å². The number of aliphatic hydroxyl groups is 1. The van der Waals surface area contributed by atoms with Crippen LogP contribution in [0.4, 0.5) is 23.7 Å². The van der Waals surface area contributed by atoms with Crippen LogP contribution >= 0.6 is 0 Å². The van der Waals surface area contributed by atoms with E-state index >= 15 is 0 Å². The maximum atomic E-state index is 13.4. The average Bonchev–Trinajstić information content (AvgIpc) is 2.33. The number of amides is 2. The van der Waals surface area contributed by atoms with Gasteiger partial charge >= 0.3 is 6.03 Å². The first-order chi connectivity index (χ1) is 8.97. The van der Waals surface area contributed by atoms with Crippen molar-refractivity contribution in [3.05, 3.63) is 29.6 Å². The minimum atomic E-state index is -1.18. The standard InChI is InChI=1S/C12H13F3N2O2/c13-7-4-9(14)11(10(15)5-7)16-12(19)17-3-1-2-8(18)6-17/h4-5,8,18H,1-3,6H2,(H,16,19). The number of piperidine rings is 1. The molecule has 104 valence electrons. The molecule has 0 radical (unpaired) electrons. The molecule has 1 atom stereocenters. The second-order valence-electron chi connectivity index (χ2n) is 4.42. The predicted octanol–water partition coefficient (Wildman–Crippen LogP) is 2.09. The quantitative estimate of drug-likeness (QED) is 0.824. The van der Waals surface area contributed by atoms with E-state index in [1.807, 2.05) is 0 Å². The van der Waals surface area contributed by atoms with Crippen LogP contribution in [0.1, 0.15) is 12.8 Å². The molecular weight excluding hydrogens is 261 g/mol.